The summed E-state index contributed by atoms with van der Waals surface area (Å²) in [5, 5.41) is 9.14. The lowest BCUT2D eigenvalue weighted by atomic mass is 9.83. The van der Waals surface area contributed by atoms with Crippen LogP contribution in [-0.2, 0) is 0 Å². The molecule has 3 heteroatoms. The first-order valence-corrected chi connectivity index (χ1v) is 7.58. The van der Waals surface area contributed by atoms with E-state index < -0.39 is 0 Å². The van der Waals surface area contributed by atoms with Gasteiger partial charge < -0.3 is 5.11 Å². The minimum atomic E-state index is 0.183. The fourth-order valence-corrected chi connectivity index (χ4v) is 3.40. The van der Waals surface area contributed by atoms with Gasteiger partial charge in [-0.15, -0.1) is 0 Å². The largest absolute Gasteiger partial charge is 0.395 e. The molecular formula is C16H24N2O. The van der Waals surface area contributed by atoms with Gasteiger partial charge in [-0.3, -0.25) is 5.43 Å². The molecule has 1 aromatic carbocycles. The van der Waals surface area contributed by atoms with E-state index in [-0.39, 0.29) is 12.6 Å². The fraction of sp³-hybridized carbons (Fsp3) is 0.625. The van der Waals surface area contributed by atoms with Crippen molar-refractivity contribution in [3.63, 3.8) is 0 Å². The maximum atomic E-state index is 9.14. The number of hydrazine groups is 1. The highest BCUT2D eigenvalue weighted by Crippen LogP contribution is 2.33. The molecule has 1 aliphatic heterocycles. The van der Waals surface area contributed by atoms with Crippen molar-refractivity contribution in [2.45, 2.75) is 56.5 Å². The van der Waals surface area contributed by atoms with E-state index in [1.807, 2.05) is 0 Å². The molecule has 0 radical (unpaired) electrons. The third-order valence-electron chi connectivity index (χ3n) is 4.62. The first kappa shape index (κ1) is 13.1. The Hall–Kier alpha value is -0.900. The molecule has 0 bridgehead atoms. The van der Waals surface area contributed by atoms with Crippen molar-refractivity contribution in [3.05, 3.63) is 35.4 Å². The zero-order valence-corrected chi connectivity index (χ0v) is 11.4. The van der Waals surface area contributed by atoms with Crippen LogP contribution in [0.2, 0.25) is 0 Å². The zero-order valence-electron chi connectivity index (χ0n) is 11.4. The lowest BCUT2D eigenvalue weighted by Crippen LogP contribution is -2.32. The zero-order chi connectivity index (χ0) is 13.1. The van der Waals surface area contributed by atoms with Crippen LogP contribution in [-0.4, -0.2) is 17.8 Å². The number of aliphatic hydroxyl groups is 1. The van der Waals surface area contributed by atoms with Gasteiger partial charge in [-0.25, -0.2) is 5.43 Å². The molecule has 1 heterocycles. The minimum Gasteiger partial charge on any atom is -0.395 e. The van der Waals surface area contributed by atoms with E-state index >= 15 is 0 Å². The van der Waals surface area contributed by atoms with Gasteiger partial charge >= 0.3 is 0 Å². The van der Waals surface area contributed by atoms with Gasteiger partial charge in [0.1, 0.15) is 0 Å². The first-order chi connectivity index (χ1) is 9.36. The van der Waals surface area contributed by atoms with Gasteiger partial charge in [-0.1, -0.05) is 43.5 Å². The molecular weight excluding hydrogens is 236 g/mol. The quantitative estimate of drug-likeness (QED) is 0.783. The number of benzene rings is 1. The molecule has 3 rings (SSSR count). The van der Waals surface area contributed by atoms with Gasteiger partial charge in [0, 0.05) is 12.1 Å². The third-order valence-corrected chi connectivity index (χ3v) is 4.62. The monoisotopic (exact) mass is 260 g/mol. The van der Waals surface area contributed by atoms with E-state index in [1.165, 1.54) is 43.2 Å². The van der Waals surface area contributed by atoms with Crippen LogP contribution >= 0.6 is 0 Å². The summed E-state index contributed by atoms with van der Waals surface area (Å²) in [5.41, 5.74) is 9.23. The first-order valence-electron chi connectivity index (χ1n) is 7.58. The van der Waals surface area contributed by atoms with E-state index in [4.69, 9.17) is 5.11 Å². The van der Waals surface area contributed by atoms with Gasteiger partial charge in [0.25, 0.3) is 0 Å². The second-order valence-corrected chi connectivity index (χ2v) is 5.96. The van der Waals surface area contributed by atoms with Gasteiger partial charge in [0.05, 0.1) is 6.61 Å². The molecule has 1 saturated heterocycles. The molecule has 1 saturated carbocycles. The van der Waals surface area contributed by atoms with Crippen LogP contribution in [0, 0.1) is 0 Å². The molecule has 0 aromatic heterocycles. The molecule has 1 aliphatic carbocycles. The molecule has 0 amide bonds. The molecule has 0 spiro atoms. The Morgan fingerprint density at radius 2 is 1.63 bits per heavy atom. The lowest BCUT2D eigenvalue weighted by molar-refractivity contribution is 0.251. The molecule has 104 valence electrons. The second-order valence-electron chi connectivity index (χ2n) is 5.96. The van der Waals surface area contributed by atoms with Gasteiger partial charge in [0.15, 0.2) is 0 Å². The number of nitrogens with one attached hydrogen (secondary N) is 2. The molecule has 3 nitrogen and oxygen atoms in total. The third kappa shape index (κ3) is 2.99. The van der Waals surface area contributed by atoms with Crippen LogP contribution < -0.4 is 10.9 Å². The predicted molar refractivity (Wildman–Crippen MR) is 76.8 cm³/mol. The van der Waals surface area contributed by atoms with Crippen molar-refractivity contribution in [1.29, 1.82) is 0 Å². The smallest absolute Gasteiger partial charge is 0.0598 e. The van der Waals surface area contributed by atoms with Gasteiger partial charge in [-0.2, -0.15) is 0 Å². The van der Waals surface area contributed by atoms with Gasteiger partial charge in [-0.05, 0) is 36.3 Å². The van der Waals surface area contributed by atoms with Crippen LogP contribution in [0.25, 0.3) is 0 Å². The summed E-state index contributed by atoms with van der Waals surface area (Å²) < 4.78 is 0. The molecule has 2 aliphatic rings. The Balaban J connectivity index is 1.65. The normalized spacial score (nSPS) is 28.7. The summed E-state index contributed by atoms with van der Waals surface area (Å²) in [6, 6.07) is 9.63. The summed E-state index contributed by atoms with van der Waals surface area (Å²) in [4.78, 5) is 0. The minimum absolute atomic E-state index is 0.183. The lowest BCUT2D eigenvalue weighted by Gasteiger charge is -2.22. The average Bonchev–Trinajstić information content (AvgIpc) is 2.97. The van der Waals surface area contributed by atoms with Crippen LogP contribution in [0.3, 0.4) is 0 Å². The molecule has 2 atom stereocenters. The molecule has 2 fully saturated rings. The van der Waals surface area contributed by atoms with Crippen molar-refractivity contribution >= 4 is 0 Å². The molecule has 19 heavy (non-hydrogen) atoms. The number of rotatable bonds is 3. The predicted octanol–water partition coefficient (Wildman–Crippen LogP) is 2.63. The maximum Gasteiger partial charge on any atom is 0.0598 e. The summed E-state index contributed by atoms with van der Waals surface area (Å²) in [7, 11) is 0. The summed E-state index contributed by atoms with van der Waals surface area (Å²) in [6.45, 7) is 0.198. The van der Waals surface area contributed by atoms with Crippen LogP contribution in [0.5, 0.6) is 0 Å². The van der Waals surface area contributed by atoms with E-state index in [2.05, 4.69) is 35.1 Å². The number of hydrogen-bond donors (Lipinski definition) is 3. The van der Waals surface area contributed by atoms with E-state index in [1.54, 1.807) is 0 Å². The Bertz CT molecular complexity index is 398. The fourth-order valence-electron chi connectivity index (χ4n) is 3.40. The molecule has 3 N–H and O–H groups in total. The Morgan fingerprint density at radius 3 is 2.26 bits per heavy atom. The SMILES string of the molecule is OCC1CC(c2ccc(C3CCCCC3)cc2)NN1. The summed E-state index contributed by atoms with van der Waals surface area (Å²) >= 11 is 0. The Labute approximate surface area is 115 Å². The van der Waals surface area contributed by atoms with Crippen molar-refractivity contribution in [2.24, 2.45) is 0 Å². The van der Waals surface area contributed by atoms with Crippen molar-refractivity contribution in [1.82, 2.24) is 10.9 Å². The Morgan fingerprint density at radius 1 is 0.947 bits per heavy atom. The van der Waals surface area contributed by atoms with Crippen molar-refractivity contribution in [2.75, 3.05) is 6.61 Å². The van der Waals surface area contributed by atoms with Crippen LogP contribution in [0.4, 0.5) is 0 Å². The van der Waals surface area contributed by atoms with Crippen molar-refractivity contribution in [3.8, 4) is 0 Å². The van der Waals surface area contributed by atoms with E-state index in [9.17, 15) is 0 Å². The molecule has 2 unspecified atom stereocenters. The van der Waals surface area contributed by atoms with Crippen LogP contribution in [0.15, 0.2) is 24.3 Å². The van der Waals surface area contributed by atoms with E-state index in [0.29, 0.717) is 6.04 Å². The highest BCUT2D eigenvalue weighted by Gasteiger charge is 2.24. The summed E-state index contributed by atoms with van der Waals surface area (Å²) in [5.74, 6) is 0.780. The Kier molecular flexibility index (Phi) is 4.16. The maximum absolute atomic E-state index is 9.14. The second kappa shape index (κ2) is 6.04. The summed E-state index contributed by atoms with van der Waals surface area (Å²) in [6.07, 6.45) is 7.86. The highest BCUT2D eigenvalue weighted by atomic mass is 16.3. The molecule has 1 aromatic rings. The van der Waals surface area contributed by atoms with Gasteiger partial charge in [0.2, 0.25) is 0 Å². The number of hydrogen-bond acceptors (Lipinski definition) is 3. The average molecular weight is 260 g/mol. The van der Waals surface area contributed by atoms with Crippen molar-refractivity contribution < 1.29 is 5.11 Å². The standard InChI is InChI=1S/C16H24N2O/c19-11-15-10-16(18-17-15)14-8-6-13(7-9-14)12-4-2-1-3-5-12/h6-9,12,15-19H,1-5,10-11H2. The van der Waals surface area contributed by atoms with E-state index in [0.717, 1.165) is 12.3 Å². The highest BCUT2D eigenvalue weighted by molar-refractivity contribution is 5.28. The van der Waals surface area contributed by atoms with Crippen LogP contribution in [0.1, 0.15) is 61.6 Å². The topological polar surface area (TPSA) is 44.3 Å². The number of aliphatic hydroxyl groups excluding tert-OH is 1.